The molecule has 1 aromatic rings. The van der Waals surface area contributed by atoms with Crippen LogP contribution in [0.1, 0.15) is 10.4 Å². The zero-order valence-electron chi connectivity index (χ0n) is 11.4. The Bertz CT molecular complexity index is 457. The summed E-state index contributed by atoms with van der Waals surface area (Å²) in [5, 5.41) is 0. The molecule has 0 unspecified atom stereocenters. The first-order valence-corrected chi connectivity index (χ1v) is 7.17. The lowest BCUT2D eigenvalue weighted by molar-refractivity contribution is 0.0875. The summed E-state index contributed by atoms with van der Waals surface area (Å²) in [7, 11) is 3.72. The van der Waals surface area contributed by atoms with Crippen LogP contribution < -0.4 is 4.74 Å². The summed E-state index contributed by atoms with van der Waals surface area (Å²) in [6, 6.07) is 5.50. The van der Waals surface area contributed by atoms with Gasteiger partial charge in [-0.1, -0.05) is 15.9 Å². The zero-order valence-corrected chi connectivity index (χ0v) is 12.9. The Hall–Kier alpha value is -0.910. The van der Waals surface area contributed by atoms with Crippen molar-refractivity contribution in [1.82, 2.24) is 9.80 Å². The molecule has 0 amide bonds. The number of ether oxygens (including phenoxy) is 1. The van der Waals surface area contributed by atoms with E-state index in [-0.39, 0.29) is 5.78 Å². The highest BCUT2D eigenvalue weighted by molar-refractivity contribution is 9.10. The molecule has 1 aromatic carbocycles. The Balaban J connectivity index is 2.03. The molecular weight excluding hydrogens is 308 g/mol. The highest BCUT2D eigenvalue weighted by atomic mass is 79.9. The minimum absolute atomic E-state index is 0.135. The van der Waals surface area contributed by atoms with Crippen LogP contribution in [0.25, 0.3) is 0 Å². The Morgan fingerprint density at radius 1 is 1.32 bits per heavy atom. The van der Waals surface area contributed by atoms with Crippen LogP contribution in [0.4, 0.5) is 0 Å². The van der Waals surface area contributed by atoms with Crippen molar-refractivity contribution in [2.75, 3.05) is 46.9 Å². The lowest BCUT2D eigenvalue weighted by Gasteiger charge is -2.31. The lowest BCUT2D eigenvalue weighted by atomic mass is 10.1. The van der Waals surface area contributed by atoms with Crippen molar-refractivity contribution in [3.05, 3.63) is 28.2 Å². The van der Waals surface area contributed by atoms with Crippen LogP contribution in [0.3, 0.4) is 0 Å². The van der Waals surface area contributed by atoms with Gasteiger partial charge in [-0.2, -0.15) is 0 Å². The van der Waals surface area contributed by atoms with Crippen molar-refractivity contribution in [3.63, 3.8) is 0 Å². The maximum absolute atomic E-state index is 12.3. The molecule has 104 valence electrons. The zero-order chi connectivity index (χ0) is 13.8. The summed E-state index contributed by atoms with van der Waals surface area (Å²) >= 11 is 3.43. The van der Waals surface area contributed by atoms with E-state index in [2.05, 4.69) is 32.8 Å². The first-order chi connectivity index (χ1) is 9.10. The van der Waals surface area contributed by atoms with E-state index in [0.29, 0.717) is 17.9 Å². The molecule has 2 rings (SSSR count). The van der Waals surface area contributed by atoms with E-state index in [1.165, 1.54) is 0 Å². The molecule has 4 nitrogen and oxygen atoms in total. The summed E-state index contributed by atoms with van der Waals surface area (Å²) < 4.78 is 6.00. The van der Waals surface area contributed by atoms with Gasteiger partial charge in [0.15, 0.2) is 5.78 Å². The minimum Gasteiger partial charge on any atom is -0.497 e. The summed E-state index contributed by atoms with van der Waals surface area (Å²) in [5.41, 5.74) is 0.693. The Morgan fingerprint density at radius 3 is 2.63 bits per heavy atom. The normalized spacial score (nSPS) is 17.4. The van der Waals surface area contributed by atoms with Crippen LogP contribution in [-0.2, 0) is 0 Å². The van der Waals surface area contributed by atoms with Gasteiger partial charge in [-0.15, -0.1) is 0 Å². The minimum atomic E-state index is 0.135. The van der Waals surface area contributed by atoms with Crippen LogP contribution in [-0.4, -0.2) is 62.5 Å². The highest BCUT2D eigenvalue weighted by Crippen LogP contribution is 2.23. The van der Waals surface area contributed by atoms with Gasteiger partial charge in [-0.3, -0.25) is 9.69 Å². The van der Waals surface area contributed by atoms with Crippen LogP contribution in [0.5, 0.6) is 5.75 Å². The quantitative estimate of drug-likeness (QED) is 0.791. The van der Waals surface area contributed by atoms with Gasteiger partial charge in [0.25, 0.3) is 0 Å². The smallest absolute Gasteiger partial charge is 0.178 e. The number of likely N-dealkylation sites (N-methyl/N-ethyl adjacent to an activating group) is 1. The van der Waals surface area contributed by atoms with E-state index >= 15 is 0 Å². The summed E-state index contributed by atoms with van der Waals surface area (Å²) in [4.78, 5) is 16.8. The topological polar surface area (TPSA) is 32.8 Å². The molecule has 0 saturated carbocycles. The molecule has 0 N–H and O–H groups in total. The Kier molecular flexibility index (Phi) is 4.96. The maximum Gasteiger partial charge on any atom is 0.178 e. The van der Waals surface area contributed by atoms with E-state index in [4.69, 9.17) is 4.74 Å². The number of halogens is 1. The maximum atomic E-state index is 12.3. The number of piperazine rings is 1. The predicted octanol–water partition coefficient (Wildman–Crippen LogP) is 1.89. The molecule has 0 bridgehead atoms. The number of benzene rings is 1. The monoisotopic (exact) mass is 326 g/mol. The van der Waals surface area contributed by atoms with E-state index in [1.807, 2.05) is 12.1 Å². The lowest BCUT2D eigenvalue weighted by Crippen LogP contribution is -2.46. The second-order valence-corrected chi connectivity index (χ2v) is 5.70. The molecule has 0 atom stereocenters. The molecule has 0 aliphatic carbocycles. The fourth-order valence-corrected chi connectivity index (χ4v) is 2.61. The summed E-state index contributed by atoms with van der Waals surface area (Å²) in [6.07, 6.45) is 0. The van der Waals surface area contributed by atoms with Gasteiger partial charge in [0, 0.05) is 36.2 Å². The van der Waals surface area contributed by atoms with Crippen molar-refractivity contribution in [3.8, 4) is 5.75 Å². The van der Waals surface area contributed by atoms with Crippen LogP contribution in [0.15, 0.2) is 22.7 Å². The van der Waals surface area contributed by atoms with E-state index in [0.717, 1.165) is 30.7 Å². The SMILES string of the molecule is COc1ccc(Br)c(C(=O)CN2CCN(C)CC2)c1. The first-order valence-electron chi connectivity index (χ1n) is 6.38. The first kappa shape index (κ1) is 14.5. The van der Waals surface area contributed by atoms with Crippen LogP contribution >= 0.6 is 15.9 Å². The molecule has 5 heteroatoms. The third-order valence-corrected chi connectivity index (χ3v) is 4.13. The van der Waals surface area contributed by atoms with Crippen LogP contribution in [0.2, 0.25) is 0 Å². The molecule has 0 aromatic heterocycles. The van der Waals surface area contributed by atoms with Crippen molar-refractivity contribution in [2.45, 2.75) is 0 Å². The number of methoxy groups -OCH3 is 1. The average molecular weight is 327 g/mol. The van der Waals surface area contributed by atoms with Gasteiger partial charge in [-0.05, 0) is 25.2 Å². The van der Waals surface area contributed by atoms with Crippen molar-refractivity contribution in [2.24, 2.45) is 0 Å². The van der Waals surface area contributed by atoms with E-state index < -0.39 is 0 Å². The largest absolute Gasteiger partial charge is 0.497 e. The van der Waals surface area contributed by atoms with Crippen molar-refractivity contribution < 1.29 is 9.53 Å². The van der Waals surface area contributed by atoms with Crippen LogP contribution in [0, 0.1) is 0 Å². The molecule has 1 fully saturated rings. The second kappa shape index (κ2) is 6.50. The molecule has 1 aliphatic heterocycles. The Morgan fingerprint density at radius 2 is 2.00 bits per heavy atom. The number of carbonyl (C=O) groups is 1. The van der Waals surface area contributed by atoms with Gasteiger partial charge in [0.2, 0.25) is 0 Å². The van der Waals surface area contributed by atoms with Gasteiger partial charge in [0.1, 0.15) is 5.75 Å². The standard InChI is InChI=1S/C14H19BrN2O2/c1-16-5-7-17(8-6-16)10-14(18)12-9-11(19-2)3-4-13(12)15/h3-4,9H,5-8,10H2,1-2H3. The predicted molar refractivity (Wildman–Crippen MR) is 79.0 cm³/mol. The number of Topliss-reactive ketones (excluding diaryl/α,β-unsaturated/α-hetero) is 1. The molecular formula is C14H19BrN2O2. The van der Waals surface area contributed by atoms with Gasteiger partial charge >= 0.3 is 0 Å². The van der Waals surface area contributed by atoms with E-state index in [9.17, 15) is 4.79 Å². The molecule has 1 heterocycles. The van der Waals surface area contributed by atoms with Crippen molar-refractivity contribution >= 4 is 21.7 Å². The molecule has 1 saturated heterocycles. The summed E-state index contributed by atoms with van der Waals surface area (Å²) in [5.74, 6) is 0.847. The summed E-state index contributed by atoms with van der Waals surface area (Å²) in [6.45, 7) is 4.41. The number of hydrogen-bond acceptors (Lipinski definition) is 4. The second-order valence-electron chi connectivity index (χ2n) is 4.85. The van der Waals surface area contributed by atoms with Crippen molar-refractivity contribution in [1.29, 1.82) is 0 Å². The van der Waals surface area contributed by atoms with Gasteiger partial charge in [-0.25, -0.2) is 0 Å². The molecule has 0 radical (unpaired) electrons. The number of hydrogen-bond donors (Lipinski definition) is 0. The number of ketones is 1. The highest BCUT2D eigenvalue weighted by Gasteiger charge is 2.19. The number of rotatable bonds is 4. The molecule has 19 heavy (non-hydrogen) atoms. The number of nitrogens with zero attached hydrogens (tertiary/aromatic N) is 2. The third-order valence-electron chi connectivity index (χ3n) is 3.44. The number of carbonyl (C=O) groups excluding carboxylic acids is 1. The van der Waals surface area contributed by atoms with E-state index in [1.54, 1.807) is 13.2 Å². The fourth-order valence-electron chi connectivity index (χ4n) is 2.14. The third kappa shape index (κ3) is 3.78. The molecule has 1 aliphatic rings. The van der Waals surface area contributed by atoms with Gasteiger partial charge in [0.05, 0.1) is 13.7 Å². The Labute approximate surface area is 122 Å². The fraction of sp³-hybridized carbons (Fsp3) is 0.500. The van der Waals surface area contributed by atoms with Gasteiger partial charge < -0.3 is 9.64 Å². The molecule has 0 spiro atoms. The average Bonchev–Trinajstić information content (AvgIpc) is 2.42.